The molecule has 48 heavy (non-hydrogen) atoms. The highest BCUT2D eigenvalue weighted by molar-refractivity contribution is 7.47. The number of aliphatic hydroxyl groups excluding tert-OH is 1. The summed E-state index contributed by atoms with van der Waals surface area (Å²) in [5, 5.41) is 13.8. The molecule has 9 heteroatoms. The maximum atomic E-state index is 12.7. The average molecular weight is 705 g/mol. The fourth-order valence-corrected chi connectivity index (χ4v) is 7.07. The van der Waals surface area contributed by atoms with Gasteiger partial charge in [0.1, 0.15) is 0 Å². The number of carbonyl (C=O) groups is 1. The lowest BCUT2D eigenvalue weighted by atomic mass is 10.0. The summed E-state index contributed by atoms with van der Waals surface area (Å²) in [5.74, 6) is -0.158. The van der Waals surface area contributed by atoms with Crippen molar-refractivity contribution in [2.45, 2.75) is 225 Å². The van der Waals surface area contributed by atoms with E-state index in [9.17, 15) is 19.4 Å². The van der Waals surface area contributed by atoms with Crippen molar-refractivity contribution in [3.05, 3.63) is 0 Å². The van der Waals surface area contributed by atoms with Gasteiger partial charge in [0.15, 0.2) is 0 Å². The van der Waals surface area contributed by atoms with Crippen LogP contribution in [0.1, 0.15) is 213 Å². The lowest BCUT2D eigenvalue weighted by Gasteiger charge is -2.25. The van der Waals surface area contributed by atoms with Gasteiger partial charge in [-0.2, -0.15) is 0 Å². The molecule has 0 bridgehead atoms. The summed E-state index contributed by atoms with van der Waals surface area (Å²) in [4.78, 5) is 22.7. The third kappa shape index (κ3) is 34.0. The van der Waals surface area contributed by atoms with E-state index in [2.05, 4.69) is 19.2 Å². The van der Waals surface area contributed by atoms with Crippen LogP contribution < -0.4 is 11.1 Å². The van der Waals surface area contributed by atoms with Crippen molar-refractivity contribution < 1.29 is 28.4 Å². The summed E-state index contributed by atoms with van der Waals surface area (Å²) in [5.41, 5.74) is 5.37. The van der Waals surface area contributed by atoms with Gasteiger partial charge in [-0.05, 0) is 12.8 Å². The highest BCUT2D eigenvalue weighted by atomic mass is 31.2. The molecule has 0 saturated heterocycles. The molecule has 0 aliphatic rings. The number of nitrogens with two attached hydrogens (primary N) is 1. The van der Waals surface area contributed by atoms with Crippen molar-refractivity contribution in [3.8, 4) is 0 Å². The zero-order valence-corrected chi connectivity index (χ0v) is 32.6. The Labute approximate surface area is 297 Å². The SMILES string of the molecule is CCCCCCCCCCCCCCCCCC(=O)N[C@@H](COP(=O)(O)OCCN)[C@H](O)CCCCCCCCCCCCCCCC. The summed E-state index contributed by atoms with van der Waals surface area (Å²) in [7, 11) is -4.30. The van der Waals surface area contributed by atoms with Crippen LogP contribution in [0.3, 0.4) is 0 Å². The van der Waals surface area contributed by atoms with Crippen LogP contribution in [-0.2, 0) is 18.4 Å². The zero-order chi connectivity index (χ0) is 35.4. The molecule has 0 aliphatic heterocycles. The van der Waals surface area contributed by atoms with Crippen LogP contribution in [0.4, 0.5) is 0 Å². The molecular formula is C39H81N2O6P. The molecule has 288 valence electrons. The van der Waals surface area contributed by atoms with Gasteiger partial charge >= 0.3 is 7.82 Å². The minimum Gasteiger partial charge on any atom is -0.391 e. The van der Waals surface area contributed by atoms with Crippen molar-refractivity contribution in [1.82, 2.24) is 5.32 Å². The number of amides is 1. The number of hydrogen-bond donors (Lipinski definition) is 4. The first-order valence-electron chi connectivity index (χ1n) is 20.7. The Bertz CT molecular complexity index is 729. The molecule has 1 amide bonds. The van der Waals surface area contributed by atoms with Crippen molar-refractivity contribution in [2.24, 2.45) is 5.73 Å². The van der Waals surface area contributed by atoms with Gasteiger partial charge in [0.05, 0.1) is 25.4 Å². The summed E-state index contributed by atoms with van der Waals surface area (Å²) in [6, 6.07) is -0.766. The first kappa shape index (κ1) is 47.5. The molecule has 0 heterocycles. The number of hydrogen-bond acceptors (Lipinski definition) is 6. The topological polar surface area (TPSA) is 131 Å². The molecule has 5 N–H and O–H groups in total. The fraction of sp³-hybridized carbons (Fsp3) is 0.974. The lowest BCUT2D eigenvalue weighted by Crippen LogP contribution is -2.46. The Kier molecular flexibility index (Phi) is 35.9. The predicted molar refractivity (Wildman–Crippen MR) is 203 cm³/mol. The van der Waals surface area contributed by atoms with E-state index < -0.39 is 20.0 Å². The van der Waals surface area contributed by atoms with Gasteiger partial charge in [0.25, 0.3) is 0 Å². The second kappa shape index (κ2) is 36.3. The van der Waals surface area contributed by atoms with Gasteiger partial charge in [-0.3, -0.25) is 13.8 Å². The minimum atomic E-state index is -4.30. The Balaban J connectivity index is 4.16. The largest absolute Gasteiger partial charge is 0.472 e. The number of carbonyl (C=O) groups excluding carboxylic acids is 1. The summed E-state index contributed by atoms with van der Waals surface area (Å²) in [6.45, 7) is 4.22. The number of rotatable bonds is 39. The van der Waals surface area contributed by atoms with E-state index in [1.807, 2.05) is 0 Å². The third-order valence-corrected chi connectivity index (χ3v) is 10.4. The normalized spacial score (nSPS) is 14.2. The minimum absolute atomic E-state index is 0.0923. The molecule has 0 saturated carbocycles. The maximum Gasteiger partial charge on any atom is 0.472 e. The van der Waals surface area contributed by atoms with Gasteiger partial charge < -0.3 is 21.1 Å². The first-order chi connectivity index (χ1) is 23.4. The number of nitrogens with one attached hydrogen (secondary N) is 1. The molecule has 0 aliphatic carbocycles. The summed E-state index contributed by atoms with van der Waals surface area (Å²) >= 11 is 0. The van der Waals surface area contributed by atoms with Crippen LogP contribution in [-0.4, -0.2) is 47.8 Å². The second-order valence-electron chi connectivity index (χ2n) is 14.2. The van der Waals surface area contributed by atoms with Crippen LogP contribution in [0.25, 0.3) is 0 Å². The molecule has 0 fully saturated rings. The molecule has 0 aromatic rings. The Hall–Kier alpha value is -0.500. The van der Waals surface area contributed by atoms with Gasteiger partial charge in [-0.15, -0.1) is 0 Å². The van der Waals surface area contributed by atoms with Gasteiger partial charge in [-0.25, -0.2) is 4.57 Å². The Morgan fingerprint density at radius 3 is 1.33 bits per heavy atom. The molecular weight excluding hydrogens is 623 g/mol. The van der Waals surface area contributed by atoms with Crippen LogP contribution in [0.2, 0.25) is 0 Å². The van der Waals surface area contributed by atoms with Gasteiger partial charge in [0, 0.05) is 13.0 Å². The third-order valence-electron chi connectivity index (χ3n) is 9.46. The van der Waals surface area contributed by atoms with E-state index in [0.29, 0.717) is 12.8 Å². The molecule has 8 nitrogen and oxygen atoms in total. The van der Waals surface area contributed by atoms with E-state index in [-0.39, 0.29) is 25.7 Å². The predicted octanol–water partition coefficient (Wildman–Crippen LogP) is 11.1. The Morgan fingerprint density at radius 1 is 0.604 bits per heavy atom. The monoisotopic (exact) mass is 705 g/mol. The quantitative estimate of drug-likeness (QED) is 0.0370. The van der Waals surface area contributed by atoms with Crippen molar-refractivity contribution >= 4 is 13.7 Å². The molecule has 0 aromatic carbocycles. The Morgan fingerprint density at radius 2 is 0.958 bits per heavy atom. The molecule has 0 aromatic heterocycles. The van der Waals surface area contributed by atoms with Crippen LogP contribution in [0, 0.1) is 0 Å². The molecule has 3 atom stereocenters. The van der Waals surface area contributed by atoms with E-state index in [1.54, 1.807) is 0 Å². The van der Waals surface area contributed by atoms with E-state index >= 15 is 0 Å². The highest BCUT2D eigenvalue weighted by Crippen LogP contribution is 2.43. The number of unbranched alkanes of at least 4 members (excludes halogenated alkanes) is 27. The second-order valence-corrected chi connectivity index (χ2v) is 15.7. The molecule has 0 rings (SSSR count). The molecule has 0 spiro atoms. The smallest absolute Gasteiger partial charge is 0.391 e. The van der Waals surface area contributed by atoms with E-state index in [0.717, 1.165) is 38.5 Å². The highest BCUT2D eigenvalue weighted by Gasteiger charge is 2.27. The van der Waals surface area contributed by atoms with Gasteiger partial charge in [-0.1, -0.05) is 194 Å². The number of phosphoric ester groups is 1. The fourth-order valence-electron chi connectivity index (χ4n) is 6.31. The average Bonchev–Trinajstić information content (AvgIpc) is 3.07. The molecule has 1 unspecified atom stereocenters. The zero-order valence-electron chi connectivity index (χ0n) is 31.7. The van der Waals surface area contributed by atoms with Crippen LogP contribution in [0.5, 0.6) is 0 Å². The van der Waals surface area contributed by atoms with Crippen molar-refractivity contribution in [1.29, 1.82) is 0 Å². The first-order valence-corrected chi connectivity index (χ1v) is 22.1. The summed E-state index contributed by atoms with van der Waals surface area (Å²) in [6.07, 6.45) is 36.7. The molecule has 0 radical (unpaired) electrons. The van der Waals surface area contributed by atoms with Crippen molar-refractivity contribution in [2.75, 3.05) is 19.8 Å². The maximum absolute atomic E-state index is 12.7. The van der Waals surface area contributed by atoms with Crippen LogP contribution >= 0.6 is 7.82 Å². The van der Waals surface area contributed by atoms with Crippen LogP contribution in [0.15, 0.2) is 0 Å². The standard InChI is InChI=1S/C39H81N2O6P/c1-3-5-7-9-11-13-15-17-19-21-23-25-27-29-31-33-39(43)41-37(36-47-48(44,45)46-35-34-40)38(42)32-30-28-26-24-22-20-18-16-14-12-10-8-6-4-2/h37-38,42H,3-36,40H2,1-2H3,(H,41,43)(H,44,45)/t37-,38+/m0/s1. The summed E-state index contributed by atoms with van der Waals surface area (Å²) < 4.78 is 22.1. The van der Waals surface area contributed by atoms with E-state index in [1.165, 1.54) is 148 Å². The van der Waals surface area contributed by atoms with E-state index in [4.69, 9.17) is 14.8 Å². The lowest BCUT2D eigenvalue weighted by molar-refractivity contribution is -0.123. The number of aliphatic hydroxyl groups is 1. The van der Waals surface area contributed by atoms with Crippen molar-refractivity contribution in [3.63, 3.8) is 0 Å². The van der Waals surface area contributed by atoms with Gasteiger partial charge in [0.2, 0.25) is 5.91 Å². The number of phosphoric acid groups is 1.